The van der Waals surface area contributed by atoms with Crippen molar-refractivity contribution in [1.29, 1.82) is 0 Å². The minimum absolute atomic E-state index is 0.473. The average Bonchev–Trinajstić information content (AvgIpc) is 3.36. The van der Waals surface area contributed by atoms with Gasteiger partial charge in [0.1, 0.15) is 12.1 Å². The van der Waals surface area contributed by atoms with E-state index in [0.717, 1.165) is 43.8 Å². The number of benzene rings is 2. The zero-order valence-corrected chi connectivity index (χ0v) is 19.9. The first-order valence-corrected chi connectivity index (χ1v) is 12.2. The number of ether oxygens (including phenoxy) is 1. The summed E-state index contributed by atoms with van der Waals surface area (Å²) in [5.74, 6) is 1.92. The fourth-order valence-corrected chi connectivity index (χ4v) is 4.84. The molecule has 0 radical (unpaired) electrons. The zero-order valence-electron chi connectivity index (χ0n) is 17.5. The molecule has 1 fully saturated rings. The summed E-state index contributed by atoms with van der Waals surface area (Å²) in [6, 6.07) is 15.9. The van der Waals surface area contributed by atoms with E-state index in [1.165, 1.54) is 19.2 Å². The van der Waals surface area contributed by atoms with E-state index in [1.54, 1.807) is 11.3 Å². The summed E-state index contributed by atoms with van der Waals surface area (Å²) in [6.45, 7) is 0.953. The molecule has 3 heterocycles. The predicted molar refractivity (Wildman–Crippen MR) is 133 cm³/mol. The van der Waals surface area contributed by atoms with Crippen LogP contribution in [0.15, 0.2) is 71.9 Å². The third kappa shape index (κ3) is 4.46. The van der Waals surface area contributed by atoms with Gasteiger partial charge in [-0.1, -0.05) is 33.3 Å². The van der Waals surface area contributed by atoms with Gasteiger partial charge in [0.05, 0.1) is 11.2 Å². The Morgan fingerprint density at radius 1 is 1.06 bits per heavy atom. The maximum absolute atomic E-state index is 6.06. The molecule has 0 saturated heterocycles. The number of thiazole rings is 1. The molecule has 5 aromatic rings. The van der Waals surface area contributed by atoms with Crippen LogP contribution in [0.4, 0.5) is 10.8 Å². The van der Waals surface area contributed by atoms with Gasteiger partial charge in [-0.25, -0.2) is 15.0 Å². The molecule has 0 atom stereocenters. The number of nitrogens with one attached hydrogen (secondary N) is 1. The molecule has 164 valence electrons. The quantitative estimate of drug-likeness (QED) is 0.259. The predicted octanol–water partition coefficient (Wildman–Crippen LogP) is 6.66. The van der Waals surface area contributed by atoms with Crippen molar-refractivity contribution in [3.8, 4) is 22.1 Å². The van der Waals surface area contributed by atoms with E-state index in [9.17, 15) is 0 Å². The van der Waals surface area contributed by atoms with Crippen molar-refractivity contribution in [2.75, 3.05) is 5.32 Å². The first-order valence-electron chi connectivity index (χ1n) is 10.6. The van der Waals surface area contributed by atoms with Crippen molar-refractivity contribution < 1.29 is 4.74 Å². The van der Waals surface area contributed by atoms with Crippen molar-refractivity contribution in [1.82, 2.24) is 24.5 Å². The molecule has 0 aliphatic heterocycles. The van der Waals surface area contributed by atoms with Crippen LogP contribution in [0.2, 0.25) is 0 Å². The molecule has 1 aliphatic rings. The molecule has 1 N–H and O–H groups in total. The topological polar surface area (TPSA) is 77.8 Å². The number of aromatic nitrogens is 5. The van der Waals surface area contributed by atoms with E-state index in [4.69, 9.17) is 4.74 Å². The second kappa shape index (κ2) is 8.57. The van der Waals surface area contributed by atoms with Crippen molar-refractivity contribution in [2.45, 2.75) is 19.4 Å². The Bertz CT molecular complexity index is 1430. The van der Waals surface area contributed by atoms with E-state index in [1.807, 2.05) is 61.1 Å². The van der Waals surface area contributed by atoms with Gasteiger partial charge in [-0.05, 0) is 66.8 Å². The Labute approximate surface area is 202 Å². The lowest BCUT2D eigenvalue weighted by molar-refractivity contribution is 0.467. The molecule has 33 heavy (non-hydrogen) atoms. The highest BCUT2D eigenvalue weighted by atomic mass is 79.9. The van der Waals surface area contributed by atoms with Crippen LogP contribution < -0.4 is 10.1 Å². The number of imidazole rings is 1. The van der Waals surface area contributed by atoms with E-state index in [0.29, 0.717) is 17.1 Å². The monoisotopic (exact) mass is 518 g/mol. The van der Waals surface area contributed by atoms with Crippen LogP contribution >= 0.6 is 27.3 Å². The van der Waals surface area contributed by atoms with Crippen LogP contribution in [-0.4, -0.2) is 24.5 Å². The van der Waals surface area contributed by atoms with Crippen LogP contribution in [0.5, 0.6) is 11.6 Å². The summed E-state index contributed by atoms with van der Waals surface area (Å²) < 4.78 is 9.17. The first-order chi connectivity index (χ1) is 16.2. The highest BCUT2D eigenvalue weighted by Crippen LogP contribution is 2.34. The van der Waals surface area contributed by atoms with E-state index in [-0.39, 0.29) is 0 Å². The maximum atomic E-state index is 6.06. The molecular weight excluding hydrogens is 500 g/mol. The van der Waals surface area contributed by atoms with Crippen LogP contribution in [0, 0.1) is 5.92 Å². The number of hydrogen-bond acceptors (Lipinski definition) is 7. The number of anilines is 2. The molecule has 6 rings (SSSR count). The normalized spacial score (nSPS) is 13.4. The lowest BCUT2D eigenvalue weighted by Gasteiger charge is -2.06. The van der Waals surface area contributed by atoms with Crippen LogP contribution in [-0.2, 0) is 6.54 Å². The van der Waals surface area contributed by atoms with Gasteiger partial charge in [-0.3, -0.25) is 0 Å². The molecule has 3 aromatic heterocycles. The van der Waals surface area contributed by atoms with Gasteiger partial charge in [0.25, 0.3) is 5.88 Å². The third-order valence-electron chi connectivity index (χ3n) is 5.45. The summed E-state index contributed by atoms with van der Waals surface area (Å²) >= 11 is 5.09. The van der Waals surface area contributed by atoms with E-state index >= 15 is 0 Å². The number of nitrogens with zero attached hydrogens (tertiary/aromatic N) is 5. The molecular formula is C24H19BrN6OS. The standard InChI is InChI=1S/C24H19BrN6OS/c25-17-2-1-3-18(10-17)30-24-26-11-20(33-24)16-6-8-19(9-7-16)32-23-21-22(27-13-28-23)31(14-29-21)12-15-4-5-15/h1-3,6-11,13-15H,4-5,12H2,(H,26,30). The minimum atomic E-state index is 0.473. The largest absolute Gasteiger partial charge is 0.437 e. The fraction of sp³-hybridized carbons (Fsp3) is 0.167. The fourth-order valence-electron chi connectivity index (χ4n) is 3.60. The Morgan fingerprint density at radius 3 is 2.76 bits per heavy atom. The molecule has 0 bridgehead atoms. The summed E-state index contributed by atoms with van der Waals surface area (Å²) in [5, 5.41) is 4.18. The molecule has 9 heteroatoms. The van der Waals surface area contributed by atoms with Gasteiger partial charge in [0, 0.05) is 22.9 Å². The lowest BCUT2D eigenvalue weighted by atomic mass is 10.2. The Hall–Kier alpha value is -3.30. The Kier molecular flexibility index (Phi) is 5.27. The number of halogens is 1. The molecule has 0 amide bonds. The zero-order chi connectivity index (χ0) is 22.2. The Morgan fingerprint density at radius 2 is 1.94 bits per heavy atom. The Balaban J connectivity index is 1.18. The summed E-state index contributed by atoms with van der Waals surface area (Å²) in [6.07, 6.45) is 7.80. The van der Waals surface area contributed by atoms with Crippen molar-refractivity contribution in [3.63, 3.8) is 0 Å². The third-order valence-corrected chi connectivity index (χ3v) is 6.91. The van der Waals surface area contributed by atoms with E-state index in [2.05, 4.69) is 45.7 Å². The molecule has 1 saturated carbocycles. The molecule has 0 unspecified atom stereocenters. The van der Waals surface area contributed by atoms with Gasteiger partial charge < -0.3 is 14.6 Å². The first kappa shape index (κ1) is 20.3. The summed E-state index contributed by atoms with van der Waals surface area (Å²) in [5.41, 5.74) is 3.57. The molecule has 2 aromatic carbocycles. The van der Waals surface area contributed by atoms with Crippen molar-refractivity contribution in [2.24, 2.45) is 5.92 Å². The van der Waals surface area contributed by atoms with Gasteiger partial charge >= 0.3 is 0 Å². The van der Waals surface area contributed by atoms with Gasteiger partial charge in [0.15, 0.2) is 16.3 Å². The minimum Gasteiger partial charge on any atom is -0.437 e. The lowest BCUT2D eigenvalue weighted by Crippen LogP contribution is -1.99. The van der Waals surface area contributed by atoms with Crippen LogP contribution in [0.1, 0.15) is 12.8 Å². The molecule has 1 aliphatic carbocycles. The van der Waals surface area contributed by atoms with E-state index < -0.39 is 0 Å². The van der Waals surface area contributed by atoms with Gasteiger partial charge in [0.2, 0.25) is 0 Å². The smallest absolute Gasteiger partial charge is 0.250 e. The maximum Gasteiger partial charge on any atom is 0.250 e. The summed E-state index contributed by atoms with van der Waals surface area (Å²) in [7, 11) is 0. The highest BCUT2D eigenvalue weighted by Gasteiger charge is 2.23. The van der Waals surface area contributed by atoms with Gasteiger partial charge in [-0.2, -0.15) is 4.98 Å². The molecule has 7 nitrogen and oxygen atoms in total. The second-order valence-corrected chi connectivity index (χ2v) is 9.93. The van der Waals surface area contributed by atoms with Crippen molar-refractivity contribution in [3.05, 3.63) is 71.9 Å². The van der Waals surface area contributed by atoms with Crippen molar-refractivity contribution >= 4 is 49.2 Å². The van der Waals surface area contributed by atoms with Gasteiger partial charge in [-0.15, -0.1) is 0 Å². The average molecular weight is 519 g/mol. The number of rotatable bonds is 7. The number of fused-ring (bicyclic) bond motifs is 1. The number of hydrogen-bond donors (Lipinski definition) is 1. The SMILES string of the molecule is Brc1cccc(Nc2ncc(-c3ccc(Oc4ncnc5c4ncn5CC4CC4)cc3)s2)c1. The molecule has 0 spiro atoms. The van der Waals surface area contributed by atoms with Crippen LogP contribution in [0.3, 0.4) is 0 Å². The second-order valence-electron chi connectivity index (χ2n) is 7.98. The summed E-state index contributed by atoms with van der Waals surface area (Å²) in [4.78, 5) is 18.8. The van der Waals surface area contributed by atoms with Crippen LogP contribution in [0.25, 0.3) is 21.6 Å². The highest BCUT2D eigenvalue weighted by molar-refractivity contribution is 9.10.